The van der Waals surface area contributed by atoms with Crippen LogP contribution in [0.1, 0.15) is 22.3 Å². The van der Waals surface area contributed by atoms with Crippen LogP contribution in [-0.4, -0.2) is 15.0 Å². The van der Waals surface area contributed by atoms with Gasteiger partial charge in [0, 0.05) is 16.7 Å². The van der Waals surface area contributed by atoms with Gasteiger partial charge >= 0.3 is 0 Å². The predicted octanol–water partition coefficient (Wildman–Crippen LogP) is 13.2. The van der Waals surface area contributed by atoms with Crippen LogP contribution >= 0.6 is 0 Å². The van der Waals surface area contributed by atoms with Crippen LogP contribution in [-0.2, 0) is 5.41 Å². The highest BCUT2D eigenvalue weighted by atomic mass is 15.0. The summed E-state index contributed by atoms with van der Waals surface area (Å²) < 4.78 is 0. The average molecular weight is 726 g/mol. The molecule has 57 heavy (non-hydrogen) atoms. The van der Waals surface area contributed by atoms with E-state index in [-0.39, 0.29) is 0 Å². The summed E-state index contributed by atoms with van der Waals surface area (Å²) in [4.78, 5) is 15.7. The van der Waals surface area contributed by atoms with E-state index in [1.165, 1.54) is 49.7 Å². The highest BCUT2D eigenvalue weighted by Crippen LogP contribution is 2.56. The molecule has 0 radical (unpaired) electrons. The highest BCUT2D eigenvalue weighted by molar-refractivity contribution is 6.13. The number of nitrogens with zero attached hydrogens (tertiary/aromatic N) is 3. The lowest BCUT2D eigenvalue weighted by molar-refractivity contribution is 0.768. The molecule has 266 valence electrons. The van der Waals surface area contributed by atoms with E-state index in [2.05, 4.69) is 206 Å². The van der Waals surface area contributed by atoms with Gasteiger partial charge in [-0.3, -0.25) is 0 Å². The zero-order valence-corrected chi connectivity index (χ0v) is 31.0. The van der Waals surface area contributed by atoms with Crippen molar-refractivity contribution in [1.29, 1.82) is 0 Å². The van der Waals surface area contributed by atoms with Crippen molar-refractivity contribution in [3.63, 3.8) is 0 Å². The summed E-state index contributed by atoms with van der Waals surface area (Å²) in [5.74, 6) is 1.91. The molecule has 0 saturated heterocycles. The lowest BCUT2D eigenvalue weighted by Gasteiger charge is -2.34. The van der Waals surface area contributed by atoms with E-state index < -0.39 is 5.41 Å². The zero-order chi connectivity index (χ0) is 37.8. The third kappa shape index (κ3) is 5.32. The molecule has 1 aliphatic carbocycles. The van der Waals surface area contributed by atoms with Gasteiger partial charge in [0.05, 0.1) is 5.41 Å². The van der Waals surface area contributed by atoms with Crippen molar-refractivity contribution in [2.24, 2.45) is 0 Å². The van der Waals surface area contributed by atoms with Gasteiger partial charge in [0.2, 0.25) is 0 Å². The normalized spacial score (nSPS) is 12.7. The van der Waals surface area contributed by atoms with Gasteiger partial charge in [0.1, 0.15) is 0 Å². The van der Waals surface area contributed by atoms with Gasteiger partial charge in [-0.1, -0.05) is 206 Å². The average Bonchev–Trinajstić information content (AvgIpc) is 3.60. The number of hydrogen-bond acceptors (Lipinski definition) is 3. The summed E-state index contributed by atoms with van der Waals surface area (Å²) in [6, 6.07) is 75.8. The molecule has 0 unspecified atom stereocenters. The first kappa shape index (κ1) is 32.9. The Morgan fingerprint density at radius 3 is 1.37 bits per heavy atom. The Labute approximate surface area is 331 Å². The Bertz CT molecular complexity index is 3050. The fourth-order valence-corrected chi connectivity index (χ4v) is 9.02. The third-order valence-electron chi connectivity index (χ3n) is 11.6. The Balaban J connectivity index is 1.10. The zero-order valence-electron chi connectivity index (χ0n) is 31.0. The molecule has 0 spiro atoms. The van der Waals surface area contributed by atoms with Crippen LogP contribution < -0.4 is 0 Å². The van der Waals surface area contributed by atoms with Crippen molar-refractivity contribution in [3.05, 3.63) is 235 Å². The van der Waals surface area contributed by atoms with Crippen LogP contribution in [0.5, 0.6) is 0 Å². The summed E-state index contributed by atoms with van der Waals surface area (Å²) in [5.41, 5.74) is 12.2. The van der Waals surface area contributed by atoms with E-state index in [1.807, 2.05) is 6.07 Å². The van der Waals surface area contributed by atoms with Crippen LogP contribution in [0.25, 0.3) is 78.0 Å². The van der Waals surface area contributed by atoms with Gasteiger partial charge in [-0.2, -0.15) is 0 Å². The van der Waals surface area contributed by atoms with Gasteiger partial charge in [-0.05, 0) is 72.1 Å². The molecular formula is C54H35N3. The molecule has 10 aromatic rings. The molecule has 3 nitrogen and oxygen atoms in total. The van der Waals surface area contributed by atoms with Crippen molar-refractivity contribution < 1.29 is 0 Å². The molecule has 3 heteroatoms. The second-order valence-corrected chi connectivity index (χ2v) is 14.7. The van der Waals surface area contributed by atoms with E-state index in [1.54, 1.807) is 0 Å². The van der Waals surface area contributed by atoms with Crippen LogP contribution in [0.4, 0.5) is 0 Å². The smallest absolute Gasteiger partial charge is 0.164 e. The molecule has 0 amide bonds. The maximum Gasteiger partial charge on any atom is 0.164 e. The molecule has 0 bridgehead atoms. The Morgan fingerprint density at radius 1 is 0.281 bits per heavy atom. The molecule has 1 aliphatic rings. The first-order valence-electron chi connectivity index (χ1n) is 19.4. The number of fused-ring (bicyclic) bond motifs is 6. The van der Waals surface area contributed by atoms with E-state index in [0.29, 0.717) is 17.5 Å². The van der Waals surface area contributed by atoms with Gasteiger partial charge in [-0.15, -0.1) is 0 Å². The minimum atomic E-state index is -0.479. The van der Waals surface area contributed by atoms with Crippen molar-refractivity contribution >= 4 is 21.5 Å². The standard InChI is InChI=1S/C54H35N3/c1-3-15-36(16-4-1)37-27-29-38(30-28-37)51-55-52(57-53(56-51)48-35-40-17-7-8-20-43(40)44-21-9-10-22-45(44)48)39-31-33-42(34-32-39)54(41-18-5-2-6-19-41)49-25-13-11-23-46(49)47-24-12-14-26-50(47)54/h1-35H. The number of benzene rings is 9. The molecule has 0 aliphatic heterocycles. The molecule has 11 rings (SSSR count). The first-order valence-corrected chi connectivity index (χ1v) is 19.4. The molecule has 0 atom stereocenters. The number of aromatic nitrogens is 3. The first-order chi connectivity index (χ1) is 28.3. The number of hydrogen-bond donors (Lipinski definition) is 0. The van der Waals surface area contributed by atoms with E-state index in [9.17, 15) is 0 Å². The van der Waals surface area contributed by atoms with E-state index >= 15 is 0 Å². The van der Waals surface area contributed by atoms with Gasteiger partial charge in [-0.25, -0.2) is 15.0 Å². The molecule has 0 fully saturated rings. The monoisotopic (exact) mass is 725 g/mol. The SMILES string of the molecule is c1ccc(-c2ccc(-c3nc(-c4ccc(C5(c6ccccc6)c6ccccc6-c6ccccc65)cc4)nc(-c4cc5ccccc5c5ccccc45)n3)cc2)cc1. The summed E-state index contributed by atoms with van der Waals surface area (Å²) in [5, 5.41) is 4.64. The highest BCUT2D eigenvalue weighted by Gasteiger charge is 2.45. The van der Waals surface area contributed by atoms with Crippen molar-refractivity contribution in [1.82, 2.24) is 15.0 Å². The maximum absolute atomic E-state index is 5.27. The minimum absolute atomic E-state index is 0.479. The van der Waals surface area contributed by atoms with E-state index in [4.69, 9.17) is 15.0 Å². The van der Waals surface area contributed by atoms with Crippen LogP contribution in [0.3, 0.4) is 0 Å². The van der Waals surface area contributed by atoms with Crippen molar-refractivity contribution in [3.8, 4) is 56.4 Å². The minimum Gasteiger partial charge on any atom is -0.208 e. The summed E-state index contributed by atoms with van der Waals surface area (Å²) in [6.45, 7) is 0. The summed E-state index contributed by atoms with van der Waals surface area (Å²) >= 11 is 0. The molecular weight excluding hydrogens is 691 g/mol. The third-order valence-corrected chi connectivity index (χ3v) is 11.6. The molecule has 9 aromatic carbocycles. The fraction of sp³-hybridized carbons (Fsp3) is 0.0185. The molecule has 0 saturated carbocycles. The quantitative estimate of drug-likeness (QED) is 0.160. The van der Waals surface area contributed by atoms with E-state index in [0.717, 1.165) is 33.0 Å². The van der Waals surface area contributed by atoms with Crippen LogP contribution in [0.15, 0.2) is 212 Å². The lowest BCUT2D eigenvalue weighted by atomic mass is 9.67. The fourth-order valence-electron chi connectivity index (χ4n) is 9.02. The predicted molar refractivity (Wildman–Crippen MR) is 234 cm³/mol. The summed E-state index contributed by atoms with van der Waals surface area (Å²) in [7, 11) is 0. The molecule has 1 heterocycles. The Morgan fingerprint density at radius 2 is 0.719 bits per heavy atom. The van der Waals surface area contributed by atoms with Crippen molar-refractivity contribution in [2.45, 2.75) is 5.41 Å². The molecule has 0 N–H and O–H groups in total. The van der Waals surface area contributed by atoms with Gasteiger partial charge in [0.15, 0.2) is 17.5 Å². The summed E-state index contributed by atoms with van der Waals surface area (Å²) in [6.07, 6.45) is 0. The van der Waals surface area contributed by atoms with Gasteiger partial charge < -0.3 is 0 Å². The second-order valence-electron chi connectivity index (χ2n) is 14.7. The van der Waals surface area contributed by atoms with Gasteiger partial charge in [0.25, 0.3) is 0 Å². The molecule has 1 aromatic heterocycles. The maximum atomic E-state index is 5.27. The second kappa shape index (κ2) is 13.4. The van der Waals surface area contributed by atoms with Crippen LogP contribution in [0.2, 0.25) is 0 Å². The topological polar surface area (TPSA) is 38.7 Å². The lowest BCUT2D eigenvalue weighted by Crippen LogP contribution is -2.28. The van der Waals surface area contributed by atoms with Crippen LogP contribution in [0, 0.1) is 0 Å². The number of rotatable bonds is 6. The Hall–Kier alpha value is -7.49. The Kier molecular flexibility index (Phi) is 7.71. The largest absolute Gasteiger partial charge is 0.208 e. The van der Waals surface area contributed by atoms with Crippen molar-refractivity contribution in [2.75, 3.05) is 0 Å².